The molecule has 0 spiro atoms. The summed E-state index contributed by atoms with van der Waals surface area (Å²) in [5, 5.41) is 10.9. The predicted octanol–water partition coefficient (Wildman–Crippen LogP) is 2.87. The van der Waals surface area contributed by atoms with E-state index in [0.717, 1.165) is 12.0 Å². The van der Waals surface area contributed by atoms with E-state index in [4.69, 9.17) is 0 Å². The van der Waals surface area contributed by atoms with Gasteiger partial charge in [-0.2, -0.15) is 0 Å². The zero-order chi connectivity index (χ0) is 17.1. The van der Waals surface area contributed by atoms with E-state index in [1.807, 2.05) is 18.7 Å². The van der Waals surface area contributed by atoms with Crippen molar-refractivity contribution in [3.8, 4) is 0 Å². The zero-order valence-electron chi connectivity index (χ0n) is 14.6. The molecule has 1 N–H and O–H groups in total. The first-order valence-electron chi connectivity index (χ1n) is 8.16. The van der Waals surface area contributed by atoms with Gasteiger partial charge < -0.3 is 10.0 Å². The van der Waals surface area contributed by atoms with Crippen molar-refractivity contribution < 1.29 is 14.7 Å². The maximum absolute atomic E-state index is 12.6. The zero-order valence-corrected chi connectivity index (χ0v) is 14.6. The molecule has 22 heavy (non-hydrogen) atoms. The molecule has 1 aliphatic heterocycles. The van der Waals surface area contributed by atoms with Gasteiger partial charge in [0, 0.05) is 19.2 Å². The standard InChI is InChI=1S/C18H29NO3/c1-7-12(4)10-13(5)16-18(6,22)17(21)14(15(20)8-2)11-19(16)9-3/h10-12,16,22H,7-9H2,1-6H3. The van der Waals surface area contributed by atoms with E-state index < -0.39 is 17.4 Å². The molecule has 0 amide bonds. The average Bonchev–Trinajstić information content (AvgIpc) is 2.48. The van der Waals surface area contributed by atoms with E-state index in [-0.39, 0.29) is 17.8 Å². The quantitative estimate of drug-likeness (QED) is 0.605. The molecule has 0 saturated heterocycles. The average molecular weight is 307 g/mol. The van der Waals surface area contributed by atoms with Gasteiger partial charge in [0.1, 0.15) is 5.60 Å². The number of nitrogens with zero attached hydrogens (tertiary/aromatic N) is 1. The van der Waals surface area contributed by atoms with E-state index in [1.54, 1.807) is 13.1 Å². The van der Waals surface area contributed by atoms with Crippen LogP contribution in [0.2, 0.25) is 0 Å². The minimum Gasteiger partial charge on any atom is -0.379 e. The largest absolute Gasteiger partial charge is 0.379 e. The van der Waals surface area contributed by atoms with Crippen molar-refractivity contribution in [1.82, 2.24) is 4.90 Å². The van der Waals surface area contributed by atoms with Crippen molar-refractivity contribution in [3.05, 3.63) is 23.4 Å². The summed E-state index contributed by atoms with van der Waals surface area (Å²) in [5.74, 6) is -0.302. The molecule has 1 aliphatic rings. The molecule has 124 valence electrons. The first-order valence-corrected chi connectivity index (χ1v) is 8.16. The summed E-state index contributed by atoms with van der Waals surface area (Å²) in [6, 6.07) is -0.424. The lowest BCUT2D eigenvalue weighted by molar-refractivity contribution is -0.140. The lowest BCUT2D eigenvalue weighted by Crippen LogP contribution is -2.59. The smallest absolute Gasteiger partial charge is 0.201 e. The second-order valence-electron chi connectivity index (χ2n) is 6.33. The first-order chi connectivity index (χ1) is 10.2. The van der Waals surface area contributed by atoms with Crippen molar-refractivity contribution in [2.75, 3.05) is 6.54 Å². The summed E-state index contributed by atoms with van der Waals surface area (Å²) in [6.45, 7) is 12.0. The summed E-state index contributed by atoms with van der Waals surface area (Å²) >= 11 is 0. The molecule has 3 atom stereocenters. The van der Waals surface area contributed by atoms with Crippen LogP contribution in [0, 0.1) is 5.92 Å². The number of aliphatic hydroxyl groups is 1. The van der Waals surface area contributed by atoms with Crippen LogP contribution < -0.4 is 0 Å². The Kier molecular flexibility index (Phi) is 6.12. The number of carbonyl (C=O) groups excluding carboxylic acids is 2. The van der Waals surface area contributed by atoms with Gasteiger partial charge in [-0.3, -0.25) is 9.59 Å². The monoisotopic (exact) mass is 307 g/mol. The van der Waals surface area contributed by atoms with Crippen molar-refractivity contribution in [2.24, 2.45) is 5.92 Å². The fourth-order valence-corrected chi connectivity index (χ4v) is 3.04. The molecule has 0 aromatic rings. The van der Waals surface area contributed by atoms with Gasteiger partial charge in [-0.1, -0.05) is 38.8 Å². The Balaban J connectivity index is 3.34. The van der Waals surface area contributed by atoms with Gasteiger partial charge in [0.05, 0.1) is 11.6 Å². The normalized spacial score (nSPS) is 27.7. The maximum atomic E-state index is 12.6. The van der Waals surface area contributed by atoms with E-state index in [9.17, 15) is 14.7 Å². The topological polar surface area (TPSA) is 57.6 Å². The van der Waals surface area contributed by atoms with E-state index in [0.29, 0.717) is 12.5 Å². The van der Waals surface area contributed by atoms with Gasteiger partial charge in [0.2, 0.25) is 5.78 Å². The van der Waals surface area contributed by atoms with Crippen molar-refractivity contribution in [2.45, 2.75) is 66.0 Å². The summed E-state index contributed by atoms with van der Waals surface area (Å²) in [5.41, 5.74) is -0.505. The van der Waals surface area contributed by atoms with Crippen LogP contribution in [0.4, 0.5) is 0 Å². The molecular weight excluding hydrogens is 278 g/mol. The van der Waals surface area contributed by atoms with Gasteiger partial charge >= 0.3 is 0 Å². The number of allylic oxidation sites excluding steroid dienone is 1. The fraction of sp³-hybridized carbons (Fsp3) is 0.667. The highest BCUT2D eigenvalue weighted by atomic mass is 16.3. The van der Waals surface area contributed by atoms with Crippen molar-refractivity contribution in [3.63, 3.8) is 0 Å². The Morgan fingerprint density at radius 1 is 1.45 bits per heavy atom. The number of likely N-dealkylation sites (N-methyl/N-ethyl adjacent to an activating group) is 1. The van der Waals surface area contributed by atoms with Gasteiger partial charge in [-0.15, -0.1) is 0 Å². The summed E-state index contributed by atoms with van der Waals surface area (Å²) < 4.78 is 0. The van der Waals surface area contributed by atoms with Crippen LogP contribution in [0.15, 0.2) is 23.4 Å². The van der Waals surface area contributed by atoms with Gasteiger partial charge in [0.15, 0.2) is 5.78 Å². The number of hydrogen-bond acceptors (Lipinski definition) is 4. The van der Waals surface area contributed by atoms with Crippen LogP contribution in [0.25, 0.3) is 0 Å². The van der Waals surface area contributed by atoms with Gasteiger partial charge in [-0.25, -0.2) is 0 Å². The second-order valence-corrected chi connectivity index (χ2v) is 6.33. The molecule has 1 rings (SSSR count). The molecule has 4 nitrogen and oxygen atoms in total. The Bertz CT molecular complexity index is 502. The van der Waals surface area contributed by atoms with Gasteiger partial charge in [-0.05, 0) is 26.7 Å². The second kappa shape index (κ2) is 7.23. The Morgan fingerprint density at radius 3 is 2.50 bits per heavy atom. The molecule has 0 bridgehead atoms. The third kappa shape index (κ3) is 3.49. The Hall–Kier alpha value is -1.42. The van der Waals surface area contributed by atoms with Crippen molar-refractivity contribution >= 4 is 11.6 Å². The summed E-state index contributed by atoms with van der Waals surface area (Å²) in [4.78, 5) is 26.5. The molecule has 1 heterocycles. The third-order valence-electron chi connectivity index (χ3n) is 4.47. The highest BCUT2D eigenvalue weighted by Crippen LogP contribution is 2.32. The molecule has 0 saturated carbocycles. The lowest BCUT2D eigenvalue weighted by Gasteiger charge is -2.44. The van der Waals surface area contributed by atoms with E-state index in [2.05, 4.69) is 19.9 Å². The molecule has 0 aromatic carbocycles. The molecule has 0 aliphatic carbocycles. The first kappa shape index (κ1) is 18.6. The lowest BCUT2D eigenvalue weighted by atomic mass is 9.78. The summed E-state index contributed by atoms with van der Waals surface area (Å²) in [6.07, 6.45) is 5.00. The number of ketones is 2. The van der Waals surface area contributed by atoms with Crippen LogP contribution in [0.5, 0.6) is 0 Å². The highest BCUT2D eigenvalue weighted by molar-refractivity contribution is 6.23. The number of hydrogen-bond donors (Lipinski definition) is 1. The van der Waals surface area contributed by atoms with Crippen LogP contribution in [0.1, 0.15) is 54.4 Å². The van der Waals surface area contributed by atoms with Crippen molar-refractivity contribution in [1.29, 1.82) is 0 Å². The third-order valence-corrected chi connectivity index (χ3v) is 4.47. The Morgan fingerprint density at radius 2 is 2.05 bits per heavy atom. The highest BCUT2D eigenvalue weighted by Gasteiger charge is 2.48. The number of rotatable bonds is 6. The molecular formula is C18H29NO3. The Labute approximate surface area is 133 Å². The van der Waals surface area contributed by atoms with E-state index in [1.165, 1.54) is 6.92 Å². The van der Waals surface area contributed by atoms with Gasteiger partial charge in [0.25, 0.3) is 0 Å². The van der Waals surface area contributed by atoms with Crippen LogP contribution in [-0.4, -0.2) is 39.8 Å². The predicted molar refractivity (Wildman–Crippen MR) is 88.4 cm³/mol. The fourth-order valence-electron chi connectivity index (χ4n) is 3.04. The number of carbonyl (C=O) groups is 2. The minimum atomic E-state index is -1.58. The number of Topliss-reactive ketones (excluding diaryl/α,β-unsaturated/α-hetero) is 2. The SMILES string of the molecule is CCC(=O)C1=CN(CC)C(C(C)=CC(C)CC)C(C)(O)C1=O. The summed E-state index contributed by atoms with van der Waals surface area (Å²) in [7, 11) is 0. The molecule has 0 aromatic heterocycles. The molecule has 0 fully saturated rings. The van der Waals surface area contributed by atoms with Crippen LogP contribution in [0.3, 0.4) is 0 Å². The molecule has 3 unspecified atom stereocenters. The molecule has 0 radical (unpaired) electrons. The van der Waals surface area contributed by atoms with E-state index >= 15 is 0 Å². The van der Waals surface area contributed by atoms with Crippen LogP contribution in [-0.2, 0) is 9.59 Å². The maximum Gasteiger partial charge on any atom is 0.201 e. The van der Waals surface area contributed by atoms with Crippen LogP contribution >= 0.6 is 0 Å². The molecule has 4 heteroatoms. The minimum absolute atomic E-state index is 0.113.